The number of nitrogens with one attached hydrogen (secondary N) is 1. The van der Waals surface area contributed by atoms with Crippen molar-refractivity contribution in [2.24, 2.45) is 5.92 Å². The van der Waals surface area contributed by atoms with Crippen molar-refractivity contribution in [3.8, 4) is 5.75 Å². The number of benzene rings is 1. The molecule has 0 heterocycles. The third-order valence-electron chi connectivity index (χ3n) is 3.62. The first-order valence-corrected chi connectivity index (χ1v) is 7.28. The highest BCUT2D eigenvalue weighted by Crippen LogP contribution is 2.32. The molecule has 0 aliphatic heterocycles. The Hall–Kier alpha value is -1.06. The van der Waals surface area contributed by atoms with Crippen LogP contribution < -0.4 is 10.1 Å². The summed E-state index contributed by atoms with van der Waals surface area (Å²) in [6, 6.07) is 8.50. The van der Waals surface area contributed by atoms with Gasteiger partial charge in [0.25, 0.3) is 0 Å². The van der Waals surface area contributed by atoms with Gasteiger partial charge in [-0.05, 0) is 36.6 Å². The van der Waals surface area contributed by atoms with Gasteiger partial charge in [-0.3, -0.25) is 0 Å². The molecule has 19 heavy (non-hydrogen) atoms. The summed E-state index contributed by atoms with van der Waals surface area (Å²) in [5.74, 6) is 1.84. The Morgan fingerprint density at radius 3 is 2.58 bits per heavy atom. The SMILES string of the molecule is CCNC(COCCC1CC1)c1ccc(OC)cc1. The van der Waals surface area contributed by atoms with Gasteiger partial charge in [0, 0.05) is 6.61 Å². The molecular weight excluding hydrogens is 238 g/mol. The standard InChI is InChI=1S/C16H25NO2/c1-3-17-16(12-19-11-10-13-4-5-13)14-6-8-15(18-2)9-7-14/h6-9,13,16-17H,3-5,10-12H2,1-2H3. The summed E-state index contributed by atoms with van der Waals surface area (Å²) in [6.45, 7) is 4.71. The van der Waals surface area contributed by atoms with Crippen molar-refractivity contribution < 1.29 is 9.47 Å². The van der Waals surface area contributed by atoms with Crippen LogP contribution in [-0.4, -0.2) is 26.9 Å². The van der Waals surface area contributed by atoms with Crippen molar-refractivity contribution in [2.45, 2.75) is 32.2 Å². The lowest BCUT2D eigenvalue weighted by Crippen LogP contribution is -2.25. The van der Waals surface area contributed by atoms with Crippen LogP contribution in [0.4, 0.5) is 0 Å². The average Bonchev–Trinajstić information content (AvgIpc) is 3.26. The fraction of sp³-hybridized carbons (Fsp3) is 0.625. The zero-order chi connectivity index (χ0) is 13.5. The van der Waals surface area contributed by atoms with E-state index in [1.54, 1.807) is 7.11 Å². The van der Waals surface area contributed by atoms with E-state index in [1.165, 1.54) is 24.8 Å². The summed E-state index contributed by atoms with van der Waals surface area (Å²) in [6.07, 6.45) is 4.03. The molecule has 1 aromatic carbocycles. The number of rotatable bonds is 9. The van der Waals surface area contributed by atoms with E-state index in [2.05, 4.69) is 24.4 Å². The molecule has 1 aliphatic carbocycles. The first kappa shape index (κ1) is 14.4. The minimum Gasteiger partial charge on any atom is -0.497 e. The lowest BCUT2D eigenvalue weighted by atomic mass is 10.1. The lowest BCUT2D eigenvalue weighted by molar-refractivity contribution is 0.107. The Bertz CT molecular complexity index is 360. The van der Waals surface area contributed by atoms with Gasteiger partial charge in [-0.2, -0.15) is 0 Å². The molecule has 1 fully saturated rings. The maximum atomic E-state index is 5.82. The molecule has 0 bridgehead atoms. The Balaban J connectivity index is 1.81. The summed E-state index contributed by atoms with van der Waals surface area (Å²) in [4.78, 5) is 0. The number of ether oxygens (including phenoxy) is 2. The fourth-order valence-electron chi connectivity index (χ4n) is 2.21. The van der Waals surface area contributed by atoms with E-state index in [0.29, 0.717) is 0 Å². The van der Waals surface area contributed by atoms with Gasteiger partial charge in [0.2, 0.25) is 0 Å². The van der Waals surface area contributed by atoms with Gasteiger partial charge in [0.05, 0.1) is 19.8 Å². The average molecular weight is 263 g/mol. The summed E-state index contributed by atoms with van der Waals surface area (Å²) in [5, 5.41) is 3.47. The highest BCUT2D eigenvalue weighted by molar-refractivity contribution is 5.29. The van der Waals surface area contributed by atoms with Gasteiger partial charge < -0.3 is 14.8 Å². The molecule has 0 amide bonds. The largest absolute Gasteiger partial charge is 0.497 e. The molecule has 3 nitrogen and oxygen atoms in total. The van der Waals surface area contributed by atoms with Gasteiger partial charge in [-0.1, -0.05) is 31.9 Å². The summed E-state index contributed by atoms with van der Waals surface area (Å²) < 4.78 is 11.0. The van der Waals surface area contributed by atoms with E-state index in [-0.39, 0.29) is 6.04 Å². The summed E-state index contributed by atoms with van der Waals surface area (Å²) in [7, 11) is 1.69. The van der Waals surface area contributed by atoms with E-state index in [0.717, 1.165) is 31.4 Å². The second-order valence-corrected chi connectivity index (χ2v) is 5.19. The van der Waals surface area contributed by atoms with Crippen molar-refractivity contribution in [2.75, 3.05) is 26.9 Å². The molecule has 0 spiro atoms. The Morgan fingerprint density at radius 2 is 2.00 bits per heavy atom. The van der Waals surface area contributed by atoms with Crippen molar-refractivity contribution in [1.82, 2.24) is 5.32 Å². The second kappa shape index (κ2) is 7.51. The first-order valence-electron chi connectivity index (χ1n) is 7.28. The van der Waals surface area contributed by atoms with E-state index in [1.807, 2.05) is 12.1 Å². The third-order valence-corrected chi connectivity index (χ3v) is 3.62. The molecule has 0 saturated heterocycles. The second-order valence-electron chi connectivity index (χ2n) is 5.19. The molecule has 0 aromatic heterocycles. The fourth-order valence-corrected chi connectivity index (χ4v) is 2.21. The van der Waals surface area contributed by atoms with Crippen LogP contribution in [0.2, 0.25) is 0 Å². The zero-order valence-corrected chi connectivity index (χ0v) is 12.0. The highest BCUT2D eigenvalue weighted by atomic mass is 16.5. The molecule has 1 unspecified atom stereocenters. The Morgan fingerprint density at radius 1 is 1.26 bits per heavy atom. The quantitative estimate of drug-likeness (QED) is 0.694. The smallest absolute Gasteiger partial charge is 0.118 e. The van der Waals surface area contributed by atoms with Crippen LogP contribution in [0.25, 0.3) is 0 Å². The monoisotopic (exact) mass is 263 g/mol. The van der Waals surface area contributed by atoms with Gasteiger partial charge in [-0.15, -0.1) is 0 Å². The van der Waals surface area contributed by atoms with Crippen LogP contribution in [0.5, 0.6) is 5.75 Å². The third kappa shape index (κ3) is 4.84. The van der Waals surface area contributed by atoms with E-state index < -0.39 is 0 Å². The molecule has 1 saturated carbocycles. The normalized spacial score (nSPS) is 16.3. The van der Waals surface area contributed by atoms with Crippen LogP contribution in [0.3, 0.4) is 0 Å². The molecule has 3 heteroatoms. The topological polar surface area (TPSA) is 30.5 Å². The molecule has 106 valence electrons. The Labute approximate surface area is 116 Å². The van der Waals surface area contributed by atoms with Crippen molar-refractivity contribution in [1.29, 1.82) is 0 Å². The van der Waals surface area contributed by atoms with Gasteiger partial charge in [0.1, 0.15) is 5.75 Å². The highest BCUT2D eigenvalue weighted by Gasteiger charge is 2.20. The molecule has 2 rings (SSSR count). The molecule has 1 aliphatic rings. The van der Waals surface area contributed by atoms with Crippen LogP contribution in [0, 0.1) is 5.92 Å². The maximum absolute atomic E-state index is 5.82. The van der Waals surface area contributed by atoms with Crippen molar-refractivity contribution in [3.63, 3.8) is 0 Å². The molecule has 1 N–H and O–H groups in total. The van der Waals surface area contributed by atoms with Crippen molar-refractivity contribution in [3.05, 3.63) is 29.8 Å². The lowest BCUT2D eigenvalue weighted by Gasteiger charge is -2.18. The number of hydrogen-bond donors (Lipinski definition) is 1. The van der Waals surface area contributed by atoms with Gasteiger partial charge >= 0.3 is 0 Å². The predicted molar refractivity (Wildman–Crippen MR) is 77.6 cm³/mol. The molecule has 1 aromatic rings. The van der Waals surface area contributed by atoms with E-state index in [9.17, 15) is 0 Å². The predicted octanol–water partition coefficient (Wildman–Crippen LogP) is 3.16. The maximum Gasteiger partial charge on any atom is 0.118 e. The minimum atomic E-state index is 0.273. The van der Waals surface area contributed by atoms with Crippen molar-refractivity contribution >= 4 is 0 Å². The van der Waals surface area contributed by atoms with Crippen LogP contribution in [-0.2, 0) is 4.74 Å². The zero-order valence-electron chi connectivity index (χ0n) is 12.0. The van der Waals surface area contributed by atoms with E-state index in [4.69, 9.17) is 9.47 Å². The molecule has 1 atom stereocenters. The molecular formula is C16H25NO2. The minimum absolute atomic E-state index is 0.273. The number of methoxy groups -OCH3 is 1. The van der Waals surface area contributed by atoms with Gasteiger partial charge in [-0.25, -0.2) is 0 Å². The Kier molecular flexibility index (Phi) is 5.67. The number of likely N-dealkylation sites (N-methyl/N-ethyl adjacent to an activating group) is 1. The van der Waals surface area contributed by atoms with Gasteiger partial charge in [0.15, 0.2) is 0 Å². The molecule has 0 radical (unpaired) electrons. The summed E-state index contributed by atoms with van der Waals surface area (Å²) in [5.41, 5.74) is 1.26. The van der Waals surface area contributed by atoms with Crippen LogP contribution in [0.15, 0.2) is 24.3 Å². The van der Waals surface area contributed by atoms with Crippen LogP contribution >= 0.6 is 0 Å². The first-order chi connectivity index (χ1) is 9.33. The van der Waals surface area contributed by atoms with E-state index >= 15 is 0 Å². The number of hydrogen-bond acceptors (Lipinski definition) is 3. The van der Waals surface area contributed by atoms with Crippen LogP contribution in [0.1, 0.15) is 37.8 Å². The summed E-state index contributed by atoms with van der Waals surface area (Å²) >= 11 is 0.